The molecule has 80 valence electrons. The maximum absolute atomic E-state index is 5.44. The lowest BCUT2D eigenvalue weighted by Gasteiger charge is -2.20. The van der Waals surface area contributed by atoms with E-state index >= 15 is 0 Å². The summed E-state index contributed by atoms with van der Waals surface area (Å²) in [6.07, 6.45) is 0. The third kappa shape index (κ3) is 12.1. The largest absolute Gasteiger partial charge is 0.356 e. The van der Waals surface area contributed by atoms with E-state index in [0.29, 0.717) is 6.79 Å². The van der Waals surface area contributed by atoms with Gasteiger partial charge in [-0.15, -0.1) is 0 Å². The second-order valence-corrected chi connectivity index (χ2v) is 11.2. The second-order valence-electron chi connectivity index (χ2n) is 5.59. The molecule has 0 radical (unpaired) electrons. The molecule has 0 rings (SSSR count). The monoisotopic (exact) mass is 204 g/mol. The minimum atomic E-state index is -0.934. The topological polar surface area (TPSA) is 18.5 Å². The number of hydrogen-bond donors (Lipinski definition) is 0. The first-order valence-corrected chi connectivity index (χ1v) is 8.63. The minimum absolute atomic E-state index is 0.0842. The maximum Gasteiger partial charge on any atom is 0.147 e. The van der Waals surface area contributed by atoms with Gasteiger partial charge in [-0.25, -0.2) is 0 Å². The van der Waals surface area contributed by atoms with Gasteiger partial charge in [0, 0.05) is 14.7 Å². The van der Waals surface area contributed by atoms with Gasteiger partial charge < -0.3 is 9.47 Å². The fraction of sp³-hybridized carbons (Fsp3) is 1.00. The van der Waals surface area contributed by atoms with Gasteiger partial charge in [0.2, 0.25) is 0 Å². The molecule has 0 spiro atoms. The molecule has 0 saturated heterocycles. The van der Waals surface area contributed by atoms with Crippen molar-refractivity contribution >= 4 is 8.07 Å². The standard InChI is InChI=1S/C10H24O2Si/c1-10(2,3)12-9-11-7-8-13(4,5)6/h7-9H2,1-6H3. The van der Waals surface area contributed by atoms with Crippen LogP contribution in [-0.2, 0) is 9.47 Å². The van der Waals surface area contributed by atoms with Crippen molar-refractivity contribution in [3.8, 4) is 0 Å². The Bertz CT molecular complexity index is 117. The molecule has 0 amide bonds. The molecule has 0 saturated carbocycles. The molecular formula is C10H24O2Si. The van der Waals surface area contributed by atoms with Crippen LogP contribution in [0.4, 0.5) is 0 Å². The molecule has 0 bridgehead atoms. The Hall–Kier alpha value is 0.137. The predicted octanol–water partition coefficient (Wildman–Crippen LogP) is 3.11. The average Bonchev–Trinajstić information content (AvgIpc) is 1.81. The molecule has 13 heavy (non-hydrogen) atoms. The molecule has 0 atom stereocenters. The van der Waals surface area contributed by atoms with Crippen molar-refractivity contribution in [2.24, 2.45) is 0 Å². The van der Waals surface area contributed by atoms with Crippen molar-refractivity contribution in [1.29, 1.82) is 0 Å². The molecule has 2 nitrogen and oxygen atoms in total. The van der Waals surface area contributed by atoms with Gasteiger partial charge in [-0.3, -0.25) is 0 Å². The predicted molar refractivity (Wildman–Crippen MR) is 59.8 cm³/mol. The van der Waals surface area contributed by atoms with Crippen LogP contribution < -0.4 is 0 Å². The zero-order valence-electron chi connectivity index (χ0n) is 9.94. The zero-order chi connectivity index (χ0) is 10.5. The summed E-state index contributed by atoms with van der Waals surface area (Å²) in [5.74, 6) is 0. The average molecular weight is 204 g/mol. The summed E-state index contributed by atoms with van der Waals surface area (Å²) in [7, 11) is -0.934. The van der Waals surface area contributed by atoms with E-state index in [-0.39, 0.29) is 5.60 Å². The smallest absolute Gasteiger partial charge is 0.147 e. The lowest BCUT2D eigenvalue weighted by atomic mass is 10.2. The SMILES string of the molecule is CC(C)(C)OCOCC[Si](C)(C)C. The van der Waals surface area contributed by atoms with E-state index in [1.807, 2.05) is 20.8 Å². The van der Waals surface area contributed by atoms with Gasteiger partial charge in [-0.1, -0.05) is 19.6 Å². The summed E-state index contributed by atoms with van der Waals surface area (Å²) in [5.41, 5.74) is -0.0842. The van der Waals surface area contributed by atoms with E-state index < -0.39 is 8.07 Å². The highest BCUT2D eigenvalue weighted by Crippen LogP contribution is 2.09. The van der Waals surface area contributed by atoms with E-state index in [2.05, 4.69) is 19.6 Å². The lowest BCUT2D eigenvalue weighted by Crippen LogP contribution is -2.24. The van der Waals surface area contributed by atoms with Crippen LogP contribution in [0.2, 0.25) is 25.7 Å². The quantitative estimate of drug-likeness (QED) is 0.389. The van der Waals surface area contributed by atoms with Gasteiger partial charge >= 0.3 is 0 Å². The van der Waals surface area contributed by atoms with E-state index in [0.717, 1.165) is 6.61 Å². The first-order valence-electron chi connectivity index (χ1n) is 4.92. The van der Waals surface area contributed by atoms with Crippen molar-refractivity contribution in [2.75, 3.05) is 13.4 Å². The number of ether oxygens (including phenoxy) is 2. The zero-order valence-corrected chi connectivity index (χ0v) is 10.9. The van der Waals surface area contributed by atoms with E-state index in [9.17, 15) is 0 Å². The summed E-state index contributed by atoms with van der Waals surface area (Å²) in [6, 6.07) is 1.21. The van der Waals surface area contributed by atoms with Gasteiger partial charge in [-0.2, -0.15) is 0 Å². The summed E-state index contributed by atoms with van der Waals surface area (Å²) >= 11 is 0. The molecule has 0 aliphatic rings. The number of rotatable bonds is 5. The van der Waals surface area contributed by atoms with Crippen LogP contribution in [0.25, 0.3) is 0 Å². The van der Waals surface area contributed by atoms with Crippen molar-refractivity contribution in [2.45, 2.75) is 52.1 Å². The molecule has 0 aromatic carbocycles. The first-order chi connectivity index (χ1) is 5.71. The fourth-order valence-corrected chi connectivity index (χ4v) is 1.41. The molecule has 0 heterocycles. The van der Waals surface area contributed by atoms with E-state index in [1.165, 1.54) is 6.04 Å². The molecule has 0 aromatic rings. The molecular weight excluding hydrogens is 180 g/mol. The third-order valence-corrected chi connectivity index (χ3v) is 3.28. The van der Waals surface area contributed by atoms with Crippen molar-refractivity contribution in [3.05, 3.63) is 0 Å². The van der Waals surface area contributed by atoms with Crippen molar-refractivity contribution < 1.29 is 9.47 Å². The maximum atomic E-state index is 5.44. The first kappa shape index (κ1) is 13.1. The summed E-state index contributed by atoms with van der Waals surface area (Å²) in [6.45, 7) is 14.4. The van der Waals surface area contributed by atoms with Crippen LogP contribution in [0.15, 0.2) is 0 Å². The highest BCUT2D eigenvalue weighted by molar-refractivity contribution is 6.76. The molecule has 3 heteroatoms. The molecule has 0 aliphatic carbocycles. The normalized spacial score (nSPS) is 13.4. The summed E-state index contributed by atoms with van der Waals surface area (Å²) in [4.78, 5) is 0. The van der Waals surface area contributed by atoms with Crippen LogP contribution >= 0.6 is 0 Å². The van der Waals surface area contributed by atoms with Gasteiger partial charge in [0.15, 0.2) is 0 Å². The van der Waals surface area contributed by atoms with Gasteiger partial charge in [0.05, 0.1) is 5.60 Å². The number of hydrogen-bond acceptors (Lipinski definition) is 2. The highest BCUT2D eigenvalue weighted by Gasteiger charge is 2.13. The van der Waals surface area contributed by atoms with E-state index in [1.54, 1.807) is 0 Å². The summed E-state index contributed by atoms with van der Waals surface area (Å²) < 4.78 is 10.8. The van der Waals surface area contributed by atoms with Gasteiger partial charge in [0.1, 0.15) is 6.79 Å². The minimum Gasteiger partial charge on any atom is -0.356 e. The molecule has 0 N–H and O–H groups in total. The Morgan fingerprint density at radius 2 is 1.62 bits per heavy atom. The van der Waals surface area contributed by atoms with Crippen molar-refractivity contribution in [1.82, 2.24) is 0 Å². The van der Waals surface area contributed by atoms with Crippen LogP contribution in [0.5, 0.6) is 0 Å². The Balaban J connectivity index is 3.28. The molecule has 0 aliphatic heterocycles. The second kappa shape index (κ2) is 5.13. The molecule has 0 fully saturated rings. The Morgan fingerprint density at radius 1 is 1.08 bits per heavy atom. The van der Waals surface area contributed by atoms with E-state index in [4.69, 9.17) is 9.47 Å². The highest BCUT2D eigenvalue weighted by atomic mass is 28.3. The molecule has 0 unspecified atom stereocenters. The van der Waals surface area contributed by atoms with Crippen LogP contribution in [0.3, 0.4) is 0 Å². The Labute approximate surface area is 83.6 Å². The summed E-state index contributed by atoms with van der Waals surface area (Å²) in [5, 5.41) is 0. The third-order valence-electron chi connectivity index (χ3n) is 1.57. The van der Waals surface area contributed by atoms with Crippen LogP contribution in [-0.4, -0.2) is 27.1 Å². The van der Waals surface area contributed by atoms with Crippen molar-refractivity contribution in [3.63, 3.8) is 0 Å². The van der Waals surface area contributed by atoms with Crippen LogP contribution in [0, 0.1) is 0 Å². The fourth-order valence-electron chi connectivity index (χ4n) is 0.656. The lowest BCUT2D eigenvalue weighted by molar-refractivity contribution is -0.117. The molecule has 0 aromatic heterocycles. The Morgan fingerprint density at radius 3 is 2.00 bits per heavy atom. The van der Waals surface area contributed by atoms with Gasteiger partial charge in [0.25, 0.3) is 0 Å². The van der Waals surface area contributed by atoms with Crippen LogP contribution in [0.1, 0.15) is 20.8 Å². The van der Waals surface area contributed by atoms with Gasteiger partial charge in [-0.05, 0) is 26.8 Å². The Kier molecular flexibility index (Phi) is 5.18.